The monoisotopic (exact) mass is 1600 g/mol. The van der Waals surface area contributed by atoms with Gasteiger partial charge in [0.05, 0.1) is 50.4 Å². The molecule has 1 aromatic heterocycles. The lowest BCUT2D eigenvalue weighted by Gasteiger charge is -2.46. The van der Waals surface area contributed by atoms with E-state index in [0.717, 1.165) is 83.3 Å². The molecule has 5 aliphatic heterocycles. The van der Waals surface area contributed by atoms with Gasteiger partial charge in [-0.15, -0.1) is 23.1 Å². The first-order valence-corrected chi connectivity index (χ1v) is 42.5. The summed E-state index contributed by atoms with van der Waals surface area (Å²) in [5.41, 5.74) is 1.96. The van der Waals surface area contributed by atoms with E-state index in [-0.39, 0.29) is 66.3 Å². The maximum absolute atomic E-state index is 14.7. The maximum Gasteiger partial charge on any atom is 0.501 e. The molecule has 586 valence electrons. The number of carbonyl (C=O) groups is 5. The molecule has 0 saturated carbocycles. The summed E-state index contributed by atoms with van der Waals surface area (Å²) < 4.78 is 113. The van der Waals surface area contributed by atoms with Crippen LogP contribution in [0.1, 0.15) is 145 Å². The van der Waals surface area contributed by atoms with E-state index in [0.29, 0.717) is 107 Å². The van der Waals surface area contributed by atoms with E-state index in [2.05, 4.69) is 61.6 Å². The van der Waals surface area contributed by atoms with Gasteiger partial charge < -0.3 is 45.2 Å². The third-order valence-electron chi connectivity index (χ3n) is 21.4. The van der Waals surface area contributed by atoms with Gasteiger partial charge in [-0.3, -0.25) is 33.8 Å². The Bertz CT molecular complexity index is 4590. The zero-order valence-corrected chi connectivity index (χ0v) is 66.2. The average Bonchev–Trinajstić information content (AvgIpc) is 1.35. The molecule has 22 nitrogen and oxygen atoms in total. The number of likely N-dealkylation sites (tertiary alicyclic amines) is 1. The number of ether oxygens (including phenoxy) is 2. The molecule has 6 heterocycles. The van der Waals surface area contributed by atoms with Crippen LogP contribution in [-0.2, 0) is 45.6 Å². The Kier molecular flexibility index (Phi) is 25.2. The molecule has 5 amide bonds. The summed E-state index contributed by atoms with van der Waals surface area (Å²) in [6.07, 6.45) is 4.61. The Morgan fingerprint density at radius 2 is 1.56 bits per heavy atom. The number of amides is 5. The second-order valence-electron chi connectivity index (χ2n) is 31.1. The van der Waals surface area contributed by atoms with Crippen LogP contribution in [0.4, 0.5) is 24.5 Å². The number of allylic oxidation sites excluding steroid dienone is 1. The molecular formula is C79H96ClF3N10O12S4. The van der Waals surface area contributed by atoms with Crippen molar-refractivity contribution >= 4 is 101 Å². The van der Waals surface area contributed by atoms with Gasteiger partial charge in [-0.2, -0.15) is 13.2 Å². The number of fused-ring (bicyclic) bond motifs is 6. The molecule has 0 spiro atoms. The molecule has 5 aromatic carbocycles. The lowest BCUT2D eigenvalue weighted by atomic mass is 9.72. The third kappa shape index (κ3) is 19.6. The van der Waals surface area contributed by atoms with Gasteiger partial charge in [-0.25, -0.2) is 26.5 Å². The topological polar surface area (TPSA) is 270 Å². The summed E-state index contributed by atoms with van der Waals surface area (Å²) in [5.74, 6) is -1.54. The molecule has 5 N–H and O–H groups in total. The van der Waals surface area contributed by atoms with Gasteiger partial charge in [0, 0.05) is 118 Å². The second kappa shape index (κ2) is 34.1. The Hall–Kier alpha value is -7.77. The van der Waals surface area contributed by atoms with Gasteiger partial charge in [0.1, 0.15) is 41.8 Å². The number of aliphatic hydroxyl groups excluding tert-OH is 1. The number of hydrogen-bond donors (Lipinski definition) is 5. The van der Waals surface area contributed by atoms with Gasteiger partial charge in [-0.1, -0.05) is 101 Å². The van der Waals surface area contributed by atoms with Crippen molar-refractivity contribution in [3.63, 3.8) is 0 Å². The van der Waals surface area contributed by atoms with Gasteiger partial charge >= 0.3 is 5.51 Å². The molecule has 3 saturated heterocycles. The van der Waals surface area contributed by atoms with Crippen LogP contribution in [0.5, 0.6) is 11.5 Å². The highest BCUT2D eigenvalue weighted by molar-refractivity contribution is 7.99. The highest BCUT2D eigenvalue weighted by Crippen LogP contribution is 2.46. The number of nitrogens with zero attached hydrogens (tertiary/aromatic N) is 6. The molecule has 12 rings (SSSR count). The fraction of sp³-hybridized carbons (Fsp3) is 0.494. The predicted octanol–water partition coefficient (Wildman–Crippen LogP) is 12.1. The van der Waals surface area contributed by atoms with Crippen molar-refractivity contribution in [1.29, 1.82) is 0 Å². The number of β-amino-alcohol motifs (C(OH)–C–C–N with tert-alkyl or cyclic N) is 1. The number of anilines is 2. The van der Waals surface area contributed by atoms with Crippen molar-refractivity contribution in [3.8, 4) is 21.9 Å². The zero-order valence-electron chi connectivity index (χ0n) is 62.2. The lowest BCUT2D eigenvalue weighted by Crippen LogP contribution is -2.58. The zero-order chi connectivity index (χ0) is 77.7. The van der Waals surface area contributed by atoms with Crippen LogP contribution in [0.15, 0.2) is 135 Å². The molecule has 3 fully saturated rings. The number of piperazine rings is 2. The SMILES string of the molecule is C[C@@H](C(=O)N[C@@H]1C[C@@H](O)CN1C(=O)[C@@H](NC(=O)CCCCCCC(=O)N1CCN(CC[C@H](CSc2ccccc2)Nc2ccc(S(=O)(=O)NC(=O)c3ccc4c(c3)OC[C@@H]3CN(CC5=C(c6ccc(Cl)cc6)CCC(C)(C)C5)CCN43)cc2S(=O)(=O)C(F)(F)F)CC1)C(C)(C)C)c1ccc2c(c1)OCc1ncsc1-2. The number of aromatic nitrogens is 1. The number of thiazole rings is 1. The van der Waals surface area contributed by atoms with Crippen LogP contribution in [0, 0.1) is 10.8 Å². The van der Waals surface area contributed by atoms with E-state index in [1.807, 2.05) is 86.2 Å². The van der Waals surface area contributed by atoms with Crippen LogP contribution in [-0.4, -0.2) is 190 Å². The minimum Gasteiger partial charge on any atom is -0.489 e. The van der Waals surface area contributed by atoms with Crippen molar-refractivity contribution in [3.05, 3.63) is 148 Å². The van der Waals surface area contributed by atoms with E-state index >= 15 is 0 Å². The van der Waals surface area contributed by atoms with Crippen LogP contribution in [0.25, 0.3) is 16.0 Å². The largest absolute Gasteiger partial charge is 0.501 e. The highest BCUT2D eigenvalue weighted by atomic mass is 35.5. The third-order valence-corrected chi connectivity index (χ3v) is 26.6. The first-order valence-electron chi connectivity index (χ1n) is 37.2. The number of sulfone groups is 1. The van der Waals surface area contributed by atoms with Gasteiger partial charge in [0.15, 0.2) is 0 Å². The Morgan fingerprint density at radius 1 is 0.826 bits per heavy atom. The number of alkyl halides is 3. The molecule has 109 heavy (non-hydrogen) atoms. The number of thioether (sulfide) groups is 1. The predicted molar refractivity (Wildman–Crippen MR) is 416 cm³/mol. The number of carbonyl (C=O) groups excluding carboxylic acids is 5. The number of rotatable bonds is 27. The van der Waals surface area contributed by atoms with Crippen LogP contribution >= 0.6 is 34.7 Å². The number of sulfonamides is 1. The van der Waals surface area contributed by atoms with Crippen LogP contribution in [0.3, 0.4) is 0 Å². The van der Waals surface area contributed by atoms with Crippen molar-refractivity contribution in [2.75, 3.05) is 88.0 Å². The number of aliphatic hydroxyl groups is 1. The number of benzene rings is 5. The number of nitrogens with one attached hydrogen (secondary N) is 4. The fourth-order valence-corrected chi connectivity index (χ4v) is 19.2. The quantitative estimate of drug-likeness (QED) is 0.0237. The Labute approximate surface area is 649 Å². The molecule has 0 unspecified atom stereocenters. The summed E-state index contributed by atoms with van der Waals surface area (Å²) in [6, 6.07) is 28.1. The van der Waals surface area contributed by atoms with Crippen molar-refractivity contribution in [2.24, 2.45) is 10.8 Å². The normalized spacial score (nSPS) is 19.8. The van der Waals surface area contributed by atoms with Crippen LogP contribution < -0.4 is 35.0 Å². The molecule has 1 aliphatic carbocycles. The molecule has 6 atom stereocenters. The van der Waals surface area contributed by atoms with Crippen LogP contribution in [0.2, 0.25) is 5.02 Å². The lowest BCUT2D eigenvalue weighted by molar-refractivity contribution is -0.141. The molecule has 6 aliphatic rings. The van der Waals surface area contributed by atoms with E-state index in [4.69, 9.17) is 21.1 Å². The summed E-state index contributed by atoms with van der Waals surface area (Å²) in [5, 5.41) is 20.4. The second-order valence-corrected chi connectivity index (χ2v) is 37.1. The fourth-order valence-electron chi connectivity index (χ4n) is 15.2. The van der Waals surface area contributed by atoms with Crippen molar-refractivity contribution in [2.45, 2.75) is 175 Å². The van der Waals surface area contributed by atoms with E-state index in [9.17, 15) is 59.1 Å². The smallest absolute Gasteiger partial charge is 0.489 e. The summed E-state index contributed by atoms with van der Waals surface area (Å²) >= 11 is 9.17. The van der Waals surface area contributed by atoms with Crippen molar-refractivity contribution < 1.29 is 68.6 Å². The molecule has 0 bridgehead atoms. The van der Waals surface area contributed by atoms with Gasteiger partial charge in [0.2, 0.25) is 23.6 Å². The average molecular weight is 1600 g/mol. The molecule has 30 heteroatoms. The Balaban J connectivity index is 0.604. The Morgan fingerprint density at radius 3 is 2.29 bits per heavy atom. The molecular weight excluding hydrogens is 1500 g/mol. The molecule has 0 radical (unpaired) electrons. The summed E-state index contributed by atoms with van der Waals surface area (Å²) in [4.78, 5) is 83.0. The standard InChI is InChI=1S/C79H96ClF3N10O12S4/c1-50(52-20-25-62-66(38-52)105-47-64-72(62)107-49-84-64)74(97)86-69-40-58(94)45-93(69)76(99)73(77(2,3)4)87-70(95)16-12-7-8-13-17-71(96)91-35-32-89(33-36-91)31-29-56(48-106-59-14-10-9-11-15-59)85-63-26-24-60(41-68(63)108(100,101)79(81,82)83)109(102,103)88-75(98)53-21-27-65-67(39-53)104-46-57-44-90(34-37-92(57)65)43-54-42-78(5,6)30-28-61(54)51-18-22-55(80)23-19-51/h9-11,14-15,18-27,38-39,41,49-50,56-58,69,73,85,94H,7-8,12-13,16-17,28-37,40,42-48H2,1-6H3,(H,86,97)(H,87,95)(H,88,98)/t50-,56-,57+,58-,69+,73-/m1/s1. The van der Waals surface area contributed by atoms with E-state index < -0.39 is 88.3 Å². The van der Waals surface area contributed by atoms with Crippen molar-refractivity contribution in [1.82, 2.24) is 39.9 Å². The van der Waals surface area contributed by atoms with E-state index in [1.54, 1.807) is 23.4 Å². The van der Waals surface area contributed by atoms with Gasteiger partial charge in [0.25, 0.3) is 25.8 Å². The summed E-state index contributed by atoms with van der Waals surface area (Å²) in [6.45, 7) is 17.7. The van der Waals surface area contributed by atoms with Gasteiger partial charge in [-0.05, 0) is 146 Å². The van der Waals surface area contributed by atoms with E-state index in [1.165, 1.54) is 56.8 Å². The maximum atomic E-state index is 14.7. The number of hydrogen-bond acceptors (Lipinski definition) is 19. The number of unbranched alkanes of at least 4 members (excludes halogenated alkanes) is 3. The number of halogens is 4. The summed E-state index contributed by atoms with van der Waals surface area (Å²) in [7, 11) is -11.2. The minimum atomic E-state index is -6.20. The first-order chi connectivity index (χ1) is 51.8. The first kappa shape index (κ1) is 80.7. The highest BCUT2D eigenvalue weighted by Gasteiger charge is 2.49. The molecule has 6 aromatic rings. The minimum absolute atomic E-state index is 0.0127.